The molecule has 5 atom stereocenters. The van der Waals surface area contributed by atoms with E-state index in [0.29, 0.717) is 17.7 Å². The molecule has 0 radical (unpaired) electrons. The first-order chi connectivity index (χ1) is 16.3. The van der Waals surface area contributed by atoms with Crippen LogP contribution in [0.5, 0.6) is 0 Å². The Hall–Kier alpha value is -3.00. The van der Waals surface area contributed by atoms with Crippen LogP contribution < -0.4 is 0 Å². The Balaban J connectivity index is 2.38. The molecule has 1 aliphatic rings. The summed E-state index contributed by atoms with van der Waals surface area (Å²) >= 11 is 0. The highest BCUT2D eigenvalue weighted by Crippen LogP contribution is 2.30. The number of esters is 3. The van der Waals surface area contributed by atoms with Crippen LogP contribution in [0, 0.1) is 11.3 Å². The van der Waals surface area contributed by atoms with E-state index in [1.807, 2.05) is 6.92 Å². The van der Waals surface area contributed by atoms with E-state index >= 15 is 0 Å². The van der Waals surface area contributed by atoms with Gasteiger partial charge in [-0.05, 0) is 18.1 Å². The van der Waals surface area contributed by atoms with E-state index in [1.165, 1.54) is 20.8 Å². The second-order valence-electron chi connectivity index (χ2n) is 7.76. The van der Waals surface area contributed by atoms with Crippen molar-refractivity contribution in [3.05, 3.63) is 35.4 Å². The molecule has 1 aliphatic heterocycles. The number of carbonyl (C=O) groups excluding carboxylic acids is 3. The quantitative estimate of drug-likeness (QED) is 0.266. The zero-order valence-corrected chi connectivity index (χ0v) is 19.9. The number of benzene rings is 1. The third-order valence-electron chi connectivity index (χ3n) is 5.00. The number of ether oxygens (including phenoxy) is 6. The molecule has 0 aromatic heterocycles. The normalized spacial score (nSPS) is 24.0. The van der Waals surface area contributed by atoms with E-state index in [-0.39, 0.29) is 13.2 Å². The van der Waals surface area contributed by atoms with Crippen LogP contribution in [0.4, 0.5) is 0 Å². The van der Waals surface area contributed by atoms with Crippen molar-refractivity contribution in [3.8, 4) is 6.07 Å². The summed E-state index contributed by atoms with van der Waals surface area (Å²) in [4.78, 5) is 35.2. The van der Waals surface area contributed by atoms with Crippen LogP contribution in [-0.4, -0.2) is 61.8 Å². The SMILES string of the molecule is CCCCO[C@@H]1O[C@H](COC(C)=O)[C@@H](OC(C)=O)[C@H](OC(C)=O)[C@H]1OCc1ccccc1C#N. The third-order valence-corrected chi connectivity index (χ3v) is 5.00. The van der Waals surface area contributed by atoms with Crippen LogP contribution in [0.25, 0.3) is 0 Å². The van der Waals surface area contributed by atoms with E-state index in [0.717, 1.165) is 12.8 Å². The highest BCUT2D eigenvalue weighted by Gasteiger charge is 2.51. The van der Waals surface area contributed by atoms with Crippen molar-refractivity contribution in [1.82, 2.24) is 0 Å². The Labute approximate surface area is 199 Å². The maximum Gasteiger partial charge on any atom is 0.303 e. The van der Waals surface area contributed by atoms with Crippen LogP contribution >= 0.6 is 0 Å². The molecule has 0 amide bonds. The fourth-order valence-electron chi connectivity index (χ4n) is 3.47. The minimum absolute atomic E-state index is 0.00936. The Bertz CT molecular complexity index is 881. The van der Waals surface area contributed by atoms with Gasteiger partial charge in [-0.3, -0.25) is 14.4 Å². The van der Waals surface area contributed by atoms with Crippen molar-refractivity contribution in [3.63, 3.8) is 0 Å². The van der Waals surface area contributed by atoms with Gasteiger partial charge in [-0.2, -0.15) is 5.26 Å². The Morgan fingerprint density at radius 3 is 2.26 bits per heavy atom. The highest BCUT2D eigenvalue weighted by molar-refractivity contribution is 5.68. The van der Waals surface area contributed by atoms with Gasteiger partial charge in [-0.1, -0.05) is 31.5 Å². The highest BCUT2D eigenvalue weighted by atomic mass is 16.7. The first-order valence-corrected chi connectivity index (χ1v) is 11.1. The van der Waals surface area contributed by atoms with Crippen molar-refractivity contribution in [2.24, 2.45) is 0 Å². The van der Waals surface area contributed by atoms with Gasteiger partial charge >= 0.3 is 17.9 Å². The molecule has 2 rings (SSSR count). The molecule has 0 unspecified atom stereocenters. The summed E-state index contributed by atoms with van der Waals surface area (Å²) in [5.74, 6) is -1.82. The first kappa shape index (κ1) is 27.2. The van der Waals surface area contributed by atoms with E-state index in [4.69, 9.17) is 28.4 Å². The molecule has 1 aromatic carbocycles. The van der Waals surface area contributed by atoms with Crippen molar-refractivity contribution in [2.75, 3.05) is 13.2 Å². The number of nitrogens with zero attached hydrogens (tertiary/aromatic N) is 1. The minimum atomic E-state index is -1.12. The molecule has 186 valence electrons. The van der Waals surface area contributed by atoms with Crippen molar-refractivity contribution >= 4 is 17.9 Å². The largest absolute Gasteiger partial charge is 0.463 e. The second-order valence-corrected chi connectivity index (χ2v) is 7.76. The van der Waals surface area contributed by atoms with E-state index < -0.39 is 48.6 Å². The van der Waals surface area contributed by atoms with Crippen LogP contribution in [0.3, 0.4) is 0 Å². The zero-order valence-electron chi connectivity index (χ0n) is 19.9. The zero-order chi connectivity index (χ0) is 25.1. The molecular weight excluding hydrogens is 446 g/mol. The lowest BCUT2D eigenvalue weighted by Gasteiger charge is -2.44. The number of hydrogen-bond donors (Lipinski definition) is 0. The van der Waals surface area contributed by atoms with E-state index in [2.05, 4.69) is 6.07 Å². The summed E-state index contributed by atoms with van der Waals surface area (Å²) in [6.07, 6.45) is -3.60. The smallest absolute Gasteiger partial charge is 0.303 e. The summed E-state index contributed by atoms with van der Waals surface area (Å²) in [7, 11) is 0. The Kier molecular flexibility index (Phi) is 10.9. The fraction of sp³-hybridized carbons (Fsp3) is 0.583. The van der Waals surface area contributed by atoms with Crippen LogP contribution in [0.1, 0.15) is 51.7 Å². The third kappa shape index (κ3) is 8.09. The van der Waals surface area contributed by atoms with Crippen LogP contribution in [0.15, 0.2) is 24.3 Å². The Morgan fingerprint density at radius 2 is 1.65 bits per heavy atom. The lowest BCUT2D eigenvalue weighted by atomic mass is 9.98. The Morgan fingerprint density at radius 1 is 0.971 bits per heavy atom. The van der Waals surface area contributed by atoms with Gasteiger partial charge in [0.25, 0.3) is 0 Å². The number of carbonyl (C=O) groups is 3. The maximum absolute atomic E-state index is 12.0. The molecule has 1 heterocycles. The number of hydrogen-bond acceptors (Lipinski definition) is 10. The average molecular weight is 478 g/mol. The lowest BCUT2D eigenvalue weighted by molar-refractivity contribution is -0.315. The van der Waals surface area contributed by atoms with E-state index in [1.54, 1.807) is 24.3 Å². The lowest BCUT2D eigenvalue weighted by Crippen LogP contribution is -2.62. The average Bonchev–Trinajstić information content (AvgIpc) is 2.78. The van der Waals surface area contributed by atoms with Gasteiger partial charge in [0.05, 0.1) is 18.2 Å². The molecule has 1 aromatic rings. The topological polar surface area (TPSA) is 130 Å². The predicted octanol–water partition coefficient (Wildman–Crippen LogP) is 2.41. The van der Waals surface area contributed by atoms with Gasteiger partial charge in [0.15, 0.2) is 18.5 Å². The molecular formula is C24H31NO9. The van der Waals surface area contributed by atoms with Crippen LogP contribution in [0.2, 0.25) is 0 Å². The van der Waals surface area contributed by atoms with Gasteiger partial charge < -0.3 is 28.4 Å². The first-order valence-electron chi connectivity index (χ1n) is 11.1. The summed E-state index contributed by atoms with van der Waals surface area (Å²) in [5, 5.41) is 9.38. The molecule has 10 heteroatoms. The summed E-state index contributed by atoms with van der Waals surface area (Å²) < 4.78 is 34.0. The van der Waals surface area contributed by atoms with Crippen molar-refractivity contribution < 1.29 is 42.8 Å². The summed E-state index contributed by atoms with van der Waals surface area (Å²) in [6.45, 7) is 5.74. The molecule has 1 saturated heterocycles. The van der Waals surface area contributed by atoms with Gasteiger partial charge in [0.1, 0.15) is 18.8 Å². The number of nitriles is 1. The van der Waals surface area contributed by atoms with Gasteiger partial charge in [-0.15, -0.1) is 0 Å². The van der Waals surface area contributed by atoms with E-state index in [9.17, 15) is 19.6 Å². The standard InChI is InChI=1S/C24H31NO9/c1-5-6-11-29-24-23(31-13-19-10-8-7-9-18(19)12-25)22(33-17(4)28)21(32-16(3)27)20(34-24)14-30-15(2)26/h7-10,20-24H,5-6,11,13-14H2,1-4H3/t20-,21-,22+,23-,24-/m1/s1. The predicted molar refractivity (Wildman–Crippen MR) is 117 cm³/mol. The molecule has 34 heavy (non-hydrogen) atoms. The molecule has 0 saturated carbocycles. The molecule has 0 spiro atoms. The van der Waals surface area contributed by atoms with Crippen molar-refractivity contribution in [1.29, 1.82) is 5.26 Å². The number of unbranched alkanes of at least 4 members (excludes halogenated alkanes) is 1. The summed E-state index contributed by atoms with van der Waals surface area (Å²) in [5.41, 5.74) is 1.04. The number of rotatable bonds is 11. The molecule has 10 nitrogen and oxygen atoms in total. The summed E-state index contributed by atoms with van der Waals surface area (Å²) in [6, 6.07) is 9.01. The molecule has 1 fully saturated rings. The molecule has 0 N–H and O–H groups in total. The minimum Gasteiger partial charge on any atom is -0.463 e. The molecule has 0 bridgehead atoms. The van der Waals surface area contributed by atoms with Gasteiger partial charge in [0, 0.05) is 27.4 Å². The monoisotopic (exact) mass is 477 g/mol. The fourth-order valence-corrected chi connectivity index (χ4v) is 3.47. The van der Waals surface area contributed by atoms with Crippen LogP contribution in [-0.2, 0) is 49.4 Å². The maximum atomic E-state index is 12.0. The van der Waals surface area contributed by atoms with Crippen molar-refractivity contribution in [2.45, 2.75) is 77.8 Å². The second kappa shape index (κ2) is 13.6. The molecule has 0 aliphatic carbocycles. The van der Waals surface area contributed by atoms with Gasteiger partial charge in [-0.25, -0.2) is 0 Å². The van der Waals surface area contributed by atoms with Gasteiger partial charge in [0.2, 0.25) is 0 Å².